The molecular weight excluding hydrogens is 216 g/mol. The van der Waals surface area contributed by atoms with Gasteiger partial charge >= 0.3 is 0 Å². The van der Waals surface area contributed by atoms with Gasteiger partial charge in [-0.2, -0.15) is 0 Å². The van der Waals surface area contributed by atoms with E-state index in [1.807, 2.05) is 6.92 Å². The number of nitrogens with two attached hydrogens (primary N) is 1. The van der Waals surface area contributed by atoms with E-state index in [4.69, 9.17) is 10.5 Å². The van der Waals surface area contributed by atoms with Crippen LogP contribution >= 0.6 is 0 Å². The first-order valence-electron chi connectivity index (χ1n) is 6.68. The summed E-state index contributed by atoms with van der Waals surface area (Å²) in [7, 11) is 0. The molecule has 0 aromatic carbocycles. The van der Waals surface area contributed by atoms with E-state index in [9.17, 15) is 4.79 Å². The number of ether oxygens (including phenoxy) is 1. The minimum atomic E-state index is -0.410. The third-order valence-corrected chi connectivity index (χ3v) is 3.70. The van der Waals surface area contributed by atoms with Gasteiger partial charge in [0.1, 0.15) is 6.10 Å². The van der Waals surface area contributed by atoms with Crippen LogP contribution in [0.1, 0.15) is 46.5 Å². The Morgan fingerprint density at radius 1 is 1.53 bits per heavy atom. The van der Waals surface area contributed by atoms with Crippen LogP contribution in [-0.2, 0) is 9.53 Å². The summed E-state index contributed by atoms with van der Waals surface area (Å²) < 4.78 is 5.95. The predicted octanol–water partition coefficient (Wildman–Crippen LogP) is 1.44. The second-order valence-electron chi connectivity index (χ2n) is 5.22. The van der Waals surface area contributed by atoms with Crippen LogP contribution in [0.2, 0.25) is 0 Å². The molecule has 0 aromatic rings. The van der Waals surface area contributed by atoms with Gasteiger partial charge < -0.3 is 15.8 Å². The smallest absolute Gasteiger partial charge is 0.248 e. The van der Waals surface area contributed by atoms with Crippen molar-refractivity contribution in [1.82, 2.24) is 5.32 Å². The molecule has 1 aliphatic carbocycles. The quantitative estimate of drug-likeness (QED) is 0.766. The molecule has 1 aliphatic rings. The third kappa shape index (κ3) is 3.96. The number of nitrogens with one attached hydrogen (secondary N) is 1. The number of carbonyl (C=O) groups excluding carboxylic acids is 1. The average molecular weight is 242 g/mol. The molecule has 100 valence electrons. The van der Waals surface area contributed by atoms with Crippen LogP contribution in [0.3, 0.4) is 0 Å². The van der Waals surface area contributed by atoms with E-state index in [1.54, 1.807) is 6.92 Å². The summed E-state index contributed by atoms with van der Waals surface area (Å²) in [6.45, 7) is 7.11. The highest BCUT2D eigenvalue weighted by Gasteiger charge is 2.36. The molecule has 0 heterocycles. The molecule has 1 atom stereocenters. The number of hydrogen-bond donors (Lipinski definition) is 2. The van der Waals surface area contributed by atoms with E-state index in [0.29, 0.717) is 13.1 Å². The van der Waals surface area contributed by atoms with Gasteiger partial charge in [-0.05, 0) is 45.4 Å². The lowest BCUT2D eigenvalue weighted by Gasteiger charge is -2.40. The molecule has 4 heteroatoms. The van der Waals surface area contributed by atoms with Gasteiger partial charge in [0, 0.05) is 13.1 Å². The number of hydrogen-bond acceptors (Lipinski definition) is 3. The van der Waals surface area contributed by atoms with Crippen LogP contribution in [0.4, 0.5) is 0 Å². The highest BCUT2D eigenvalue weighted by atomic mass is 16.5. The van der Waals surface area contributed by atoms with Gasteiger partial charge in [-0.3, -0.25) is 4.79 Å². The van der Waals surface area contributed by atoms with Crippen molar-refractivity contribution in [2.75, 3.05) is 13.1 Å². The van der Waals surface area contributed by atoms with Crippen LogP contribution in [0.5, 0.6) is 0 Å². The fourth-order valence-electron chi connectivity index (χ4n) is 2.40. The van der Waals surface area contributed by atoms with Crippen molar-refractivity contribution in [3.63, 3.8) is 0 Å². The highest BCUT2D eigenvalue weighted by molar-refractivity contribution is 5.80. The first-order chi connectivity index (χ1) is 8.03. The molecule has 1 rings (SSSR count). The fourth-order valence-corrected chi connectivity index (χ4v) is 2.40. The normalized spacial score (nSPS) is 30.9. The third-order valence-electron chi connectivity index (χ3n) is 3.70. The summed E-state index contributed by atoms with van der Waals surface area (Å²) >= 11 is 0. The predicted molar refractivity (Wildman–Crippen MR) is 68.6 cm³/mol. The number of rotatable bonds is 5. The van der Waals surface area contributed by atoms with Gasteiger partial charge in [-0.1, -0.05) is 6.92 Å². The van der Waals surface area contributed by atoms with Crippen molar-refractivity contribution in [2.45, 2.75) is 58.2 Å². The summed E-state index contributed by atoms with van der Waals surface area (Å²) in [5, 5.41) is 2.78. The van der Waals surface area contributed by atoms with Gasteiger partial charge in [0.25, 0.3) is 0 Å². The zero-order valence-corrected chi connectivity index (χ0v) is 11.3. The molecule has 1 unspecified atom stereocenters. The first-order valence-corrected chi connectivity index (χ1v) is 6.68. The summed E-state index contributed by atoms with van der Waals surface area (Å²) in [6.07, 6.45) is 3.80. The lowest BCUT2D eigenvalue weighted by molar-refractivity contribution is -0.150. The zero-order chi connectivity index (χ0) is 12.9. The van der Waals surface area contributed by atoms with Crippen molar-refractivity contribution in [3.05, 3.63) is 0 Å². The molecule has 0 spiro atoms. The first kappa shape index (κ1) is 14.5. The zero-order valence-electron chi connectivity index (χ0n) is 11.3. The molecule has 0 radical (unpaired) electrons. The molecule has 1 amide bonds. The van der Waals surface area contributed by atoms with Gasteiger partial charge in [-0.15, -0.1) is 0 Å². The van der Waals surface area contributed by atoms with Crippen molar-refractivity contribution >= 4 is 5.91 Å². The Kier molecular flexibility index (Phi) is 5.40. The number of carbonyl (C=O) groups is 1. The van der Waals surface area contributed by atoms with E-state index >= 15 is 0 Å². The molecule has 0 bridgehead atoms. The lowest BCUT2D eigenvalue weighted by atomic mass is 9.79. The van der Waals surface area contributed by atoms with Crippen molar-refractivity contribution in [1.29, 1.82) is 0 Å². The molecule has 17 heavy (non-hydrogen) atoms. The van der Waals surface area contributed by atoms with E-state index in [1.165, 1.54) is 0 Å². The Morgan fingerprint density at radius 2 is 2.12 bits per heavy atom. The average Bonchev–Trinajstić information content (AvgIpc) is 2.33. The topological polar surface area (TPSA) is 64.3 Å². The minimum absolute atomic E-state index is 0.0426. The van der Waals surface area contributed by atoms with Gasteiger partial charge in [-0.25, -0.2) is 0 Å². The monoisotopic (exact) mass is 242 g/mol. The van der Waals surface area contributed by atoms with Crippen molar-refractivity contribution in [3.8, 4) is 0 Å². The summed E-state index contributed by atoms with van der Waals surface area (Å²) in [4.78, 5) is 11.7. The Hall–Kier alpha value is -0.610. The largest absolute Gasteiger partial charge is 0.361 e. The Labute approximate surface area is 104 Å². The molecule has 1 fully saturated rings. The van der Waals surface area contributed by atoms with E-state index in [-0.39, 0.29) is 11.5 Å². The molecule has 3 N–H and O–H groups in total. The summed E-state index contributed by atoms with van der Waals surface area (Å²) in [5.74, 6) is 0.706. The van der Waals surface area contributed by atoms with E-state index in [2.05, 4.69) is 12.2 Å². The second kappa shape index (κ2) is 6.36. The Bertz CT molecular complexity index is 248. The van der Waals surface area contributed by atoms with Crippen LogP contribution in [-0.4, -0.2) is 30.7 Å². The number of amides is 1. The molecule has 4 nitrogen and oxygen atoms in total. The minimum Gasteiger partial charge on any atom is -0.361 e. The van der Waals surface area contributed by atoms with Crippen LogP contribution < -0.4 is 11.1 Å². The Balaban J connectivity index is 2.54. The lowest BCUT2D eigenvalue weighted by Crippen LogP contribution is -2.49. The van der Waals surface area contributed by atoms with Crippen molar-refractivity contribution < 1.29 is 9.53 Å². The Morgan fingerprint density at radius 3 is 2.59 bits per heavy atom. The molecule has 0 aromatic heterocycles. The summed E-state index contributed by atoms with van der Waals surface area (Å²) in [5.41, 5.74) is 5.57. The van der Waals surface area contributed by atoms with Gasteiger partial charge in [0.2, 0.25) is 5.91 Å². The van der Waals surface area contributed by atoms with Crippen LogP contribution in [0, 0.1) is 5.92 Å². The standard InChI is InChI=1S/C13H26N2O2/c1-4-15-12(16)11(3)17-13(9-14)7-5-10(2)6-8-13/h10-11H,4-9,14H2,1-3H3,(H,15,16). The molecule has 1 saturated carbocycles. The van der Waals surface area contributed by atoms with Gasteiger partial charge in [0.15, 0.2) is 0 Å². The van der Waals surface area contributed by atoms with Crippen LogP contribution in [0.15, 0.2) is 0 Å². The fraction of sp³-hybridized carbons (Fsp3) is 0.923. The maximum absolute atomic E-state index is 11.7. The molecule has 0 saturated heterocycles. The van der Waals surface area contributed by atoms with E-state index < -0.39 is 6.10 Å². The van der Waals surface area contributed by atoms with E-state index in [0.717, 1.165) is 31.6 Å². The van der Waals surface area contributed by atoms with Crippen LogP contribution in [0.25, 0.3) is 0 Å². The number of likely N-dealkylation sites (N-methyl/N-ethyl adjacent to an activating group) is 1. The SMILES string of the molecule is CCNC(=O)C(C)OC1(CN)CCC(C)CC1. The summed E-state index contributed by atoms with van der Waals surface area (Å²) in [6, 6.07) is 0. The van der Waals surface area contributed by atoms with Crippen molar-refractivity contribution in [2.24, 2.45) is 11.7 Å². The molecule has 0 aliphatic heterocycles. The maximum Gasteiger partial charge on any atom is 0.248 e. The second-order valence-corrected chi connectivity index (χ2v) is 5.22. The maximum atomic E-state index is 11.7. The highest BCUT2D eigenvalue weighted by Crippen LogP contribution is 2.34. The molecular formula is C13H26N2O2. The van der Waals surface area contributed by atoms with Gasteiger partial charge in [0.05, 0.1) is 5.60 Å².